The number of hydrogen-bond acceptors (Lipinski definition) is 3. The topological polar surface area (TPSA) is 54.5 Å². The van der Waals surface area contributed by atoms with Gasteiger partial charge < -0.3 is 0 Å². The van der Waals surface area contributed by atoms with Crippen LogP contribution in [-0.2, 0) is 0 Å². The molecule has 0 aliphatic rings. The standard InChI is InChI=1S/C18H16N4/c1-13(2)14-8-10-16(11-9-14)22-18(17(12-19)20-21-22)15-6-4-3-5-7-15/h3-11,13H,1-2H3. The first kappa shape index (κ1) is 14.0. The molecule has 0 saturated heterocycles. The minimum Gasteiger partial charge on any atom is -0.211 e. The molecule has 0 bridgehead atoms. The van der Waals surface area contributed by atoms with Crippen LogP contribution in [0.25, 0.3) is 16.9 Å². The summed E-state index contributed by atoms with van der Waals surface area (Å²) >= 11 is 0. The van der Waals surface area contributed by atoms with E-state index in [0.29, 0.717) is 11.6 Å². The number of aromatic nitrogens is 3. The Labute approximate surface area is 129 Å². The molecule has 0 amide bonds. The van der Waals surface area contributed by atoms with E-state index in [0.717, 1.165) is 16.9 Å². The van der Waals surface area contributed by atoms with Crippen molar-refractivity contribution in [1.29, 1.82) is 5.26 Å². The summed E-state index contributed by atoms with van der Waals surface area (Å²) in [5.74, 6) is 0.480. The molecule has 0 fully saturated rings. The van der Waals surface area contributed by atoms with Gasteiger partial charge in [-0.05, 0) is 23.6 Å². The molecule has 1 heterocycles. The predicted octanol–water partition coefficient (Wildman–Crippen LogP) is 3.93. The first-order chi connectivity index (χ1) is 10.7. The van der Waals surface area contributed by atoms with E-state index in [1.54, 1.807) is 4.68 Å². The van der Waals surface area contributed by atoms with Gasteiger partial charge >= 0.3 is 0 Å². The Kier molecular flexibility index (Phi) is 3.71. The highest BCUT2D eigenvalue weighted by Crippen LogP contribution is 2.25. The van der Waals surface area contributed by atoms with E-state index in [9.17, 15) is 5.26 Å². The first-order valence-corrected chi connectivity index (χ1v) is 7.22. The Morgan fingerprint density at radius 1 is 1.00 bits per heavy atom. The number of rotatable bonds is 3. The third kappa shape index (κ3) is 2.49. The number of nitriles is 1. The molecule has 22 heavy (non-hydrogen) atoms. The first-order valence-electron chi connectivity index (χ1n) is 7.22. The summed E-state index contributed by atoms with van der Waals surface area (Å²) in [6, 6.07) is 20.1. The van der Waals surface area contributed by atoms with Gasteiger partial charge in [-0.25, -0.2) is 4.68 Å². The van der Waals surface area contributed by atoms with Crippen molar-refractivity contribution in [2.24, 2.45) is 0 Å². The monoisotopic (exact) mass is 288 g/mol. The molecule has 3 aromatic rings. The maximum atomic E-state index is 9.29. The van der Waals surface area contributed by atoms with Gasteiger partial charge in [0.25, 0.3) is 0 Å². The minimum absolute atomic E-state index is 0.333. The Hall–Kier alpha value is -2.93. The summed E-state index contributed by atoms with van der Waals surface area (Å²) in [6.45, 7) is 4.32. The van der Waals surface area contributed by atoms with Crippen molar-refractivity contribution in [3.8, 4) is 23.0 Å². The van der Waals surface area contributed by atoms with E-state index in [-0.39, 0.29) is 0 Å². The normalized spacial score (nSPS) is 10.6. The Balaban J connectivity index is 2.12. The second-order valence-corrected chi connectivity index (χ2v) is 5.42. The van der Waals surface area contributed by atoms with E-state index in [2.05, 4.69) is 42.4 Å². The molecule has 4 nitrogen and oxygen atoms in total. The third-order valence-electron chi connectivity index (χ3n) is 3.63. The van der Waals surface area contributed by atoms with E-state index < -0.39 is 0 Å². The summed E-state index contributed by atoms with van der Waals surface area (Å²) < 4.78 is 1.72. The van der Waals surface area contributed by atoms with Gasteiger partial charge in [-0.1, -0.05) is 61.5 Å². The van der Waals surface area contributed by atoms with Crippen LogP contribution in [0.15, 0.2) is 54.6 Å². The predicted molar refractivity (Wildman–Crippen MR) is 85.6 cm³/mol. The smallest absolute Gasteiger partial charge is 0.191 e. The lowest BCUT2D eigenvalue weighted by Gasteiger charge is -2.09. The molecule has 4 heteroatoms. The third-order valence-corrected chi connectivity index (χ3v) is 3.63. The molecule has 2 aromatic carbocycles. The van der Waals surface area contributed by atoms with Crippen molar-refractivity contribution in [3.05, 3.63) is 65.9 Å². The maximum Gasteiger partial charge on any atom is 0.191 e. The SMILES string of the molecule is CC(C)c1ccc(-n2nnc(C#N)c2-c2ccccc2)cc1. The van der Waals surface area contributed by atoms with Crippen LogP contribution in [-0.4, -0.2) is 15.0 Å². The average molecular weight is 288 g/mol. The summed E-state index contributed by atoms with van der Waals surface area (Å²) in [7, 11) is 0. The fraction of sp³-hybridized carbons (Fsp3) is 0.167. The van der Waals surface area contributed by atoms with Crippen molar-refractivity contribution in [2.45, 2.75) is 19.8 Å². The summed E-state index contributed by atoms with van der Waals surface area (Å²) in [5.41, 5.74) is 4.15. The molecule has 0 saturated carbocycles. The van der Waals surface area contributed by atoms with Crippen molar-refractivity contribution in [3.63, 3.8) is 0 Å². The van der Waals surface area contributed by atoms with Crippen molar-refractivity contribution >= 4 is 0 Å². The number of hydrogen-bond donors (Lipinski definition) is 0. The Bertz CT molecular complexity index is 809. The van der Waals surface area contributed by atoms with Gasteiger partial charge in [-0.3, -0.25) is 0 Å². The van der Waals surface area contributed by atoms with Gasteiger partial charge in [-0.15, -0.1) is 5.10 Å². The van der Waals surface area contributed by atoms with Crippen LogP contribution in [0.3, 0.4) is 0 Å². The lowest BCUT2D eigenvalue weighted by molar-refractivity contribution is 0.803. The Morgan fingerprint density at radius 2 is 1.68 bits per heavy atom. The second-order valence-electron chi connectivity index (χ2n) is 5.42. The lowest BCUT2D eigenvalue weighted by Crippen LogP contribution is -2.00. The number of nitrogens with zero attached hydrogens (tertiary/aromatic N) is 4. The van der Waals surface area contributed by atoms with Crippen LogP contribution in [0.1, 0.15) is 31.0 Å². The largest absolute Gasteiger partial charge is 0.211 e. The molecule has 0 radical (unpaired) electrons. The molecule has 0 spiro atoms. The van der Waals surface area contributed by atoms with E-state index in [4.69, 9.17) is 0 Å². The van der Waals surface area contributed by atoms with Crippen LogP contribution < -0.4 is 0 Å². The van der Waals surface area contributed by atoms with Crippen LogP contribution in [0.5, 0.6) is 0 Å². The summed E-state index contributed by atoms with van der Waals surface area (Å²) in [4.78, 5) is 0. The van der Waals surface area contributed by atoms with Gasteiger partial charge in [0, 0.05) is 5.56 Å². The molecule has 3 rings (SSSR count). The quantitative estimate of drug-likeness (QED) is 0.733. The molecule has 0 unspecified atom stereocenters. The van der Waals surface area contributed by atoms with Crippen molar-refractivity contribution < 1.29 is 0 Å². The highest BCUT2D eigenvalue weighted by molar-refractivity contribution is 5.66. The van der Waals surface area contributed by atoms with Crippen LogP contribution in [0.4, 0.5) is 0 Å². The van der Waals surface area contributed by atoms with Gasteiger partial charge in [0.05, 0.1) is 5.69 Å². The fourth-order valence-electron chi connectivity index (χ4n) is 2.39. The van der Waals surface area contributed by atoms with Gasteiger partial charge in [0.1, 0.15) is 11.8 Å². The van der Waals surface area contributed by atoms with Crippen LogP contribution >= 0.6 is 0 Å². The highest BCUT2D eigenvalue weighted by Gasteiger charge is 2.15. The molecular weight excluding hydrogens is 272 g/mol. The number of benzene rings is 2. The van der Waals surface area contributed by atoms with Gasteiger partial charge in [0.2, 0.25) is 0 Å². The van der Waals surface area contributed by atoms with E-state index in [1.165, 1.54) is 5.56 Å². The molecule has 0 aliphatic heterocycles. The molecule has 0 aliphatic carbocycles. The molecule has 108 valence electrons. The summed E-state index contributed by atoms with van der Waals surface area (Å²) in [5, 5.41) is 17.4. The fourth-order valence-corrected chi connectivity index (χ4v) is 2.39. The Morgan fingerprint density at radius 3 is 2.27 bits per heavy atom. The lowest BCUT2D eigenvalue weighted by atomic mass is 10.0. The maximum absolute atomic E-state index is 9.29. The molecular formula is C18H16N4. The van der Waals surface area contributed by atoms with E-state index >= 15 is 0 Å². The van der Waals surface area contributed by atoms with Gasteiger partial charge in [0.15, 0.2) is 5.69 Å². The van der Waals surface area contributed by atoms with Crippen LogP contribution in [0, 0.1) is 11.3 Å². The highest BCUT2D eigenvalue weighted by atomic mass is 15.4. The van der Waals surface area contributed by atoms with Crippen LogP contribution in [0.2, 0.25) is 0 Å². The second kappa shape index (κ2) is 5.82. The zero-order chi connectivity index (χ0) is 15.5. The summed E-state index contributed by atoms with van der Waals surface area (Å²) in [6.07, 6.45) is 0. The van der Waals surface area contributed by atoms with E-state index in [1.807, 2.05) is 42.5 Å². The average Bonchev–Trinajstić information content (AvgIpc) is 2.99. The van der Waals surface area contributed by atoms with Crippen molar-refractivity contribution in [2.75, 3.05) is 0 Å². The van der Waals surface area contributed by atoms with Gasteiger partial charge in [-0.2, -0.15) is 5.26 Å². The minimum atomic E-state index is 0.333. The molecule has 0 atom stereocenters. The molecule has 1 aromatic heterocycles. The molecule has 0 N–H and O–H groups in total. The zero-order valence-electron chi connectivity index (χ0n) is 12.6. The van der Waals surface area contributed by atoms with Crippen molar-refractivity contribution in [1.82, 2.24) is 15.0 Å². The zero-order valence-corrected chi connectivity index (χ0v) is 12.6.